The number of piperazine rings is 1. The third kappa shape index (κ3) is 3.33. The number of hydrogen-bond acceptors (Lipinski definition) is 3. The molecule has 5 nitrogen and oxygen atoms in total. The topological polar surface area (TPSA) is 52.7 Å². The van der Waals surface area contributed by atoms with E-state index in [1.807, 2.05) is 0 Å². The zero-order valence-corrected chi connectivity index (χ0v) is 12.7. The van der Waals surface area contributed by atoms with Gasteiger partial charge >= 0.3 is 0 Å². The molecule has 0 saturated carbocycles. The second-order valence-corrected chi connectivity index (χ2v) is 5.49. The Morgan fingerprint density at radius 2 is 2.14 bits per heavy atom. The van der Waals surface area contributed by atoms with Gasteiger partial charge in [0.2, 0.25) is 5.91 Å². The van der Waals surface area contributed by atoms with E-state index >= 15 is 0 Å². The van der Waals surface area contributed by atoms with Gasteiger partial charge in [-0.05, 0) is 18.2 Å². The first-order valence-electron chi connectivity index (χ1n) is 6.59. The fourth-order valence-electron chi connectivity index (χ4n) is 2.26. The third-order valence-corrected chi connectivity index (χ3v) is 3.69. The SMILES string of the molecule is CN(C)C(=O)C1CNCCN1C(=O)c1ccc(F)c(Cl)c1. The van der Waals surface area contributed by atoms with Gasteiger partial charge in [0.15, 0.2) is 0 Å². The molecule has 0 aromatic heterocycles. The van der Waals surface area contributed by atoms with E-state index in [0.717, 1.165) is 6.07 Å². The lowest BCUT2D eigenvalue weighted by Crippen LogP contribution is -2.59. The lowest BCUT2D eigenvalue weighted by molar-refractivity contribution is -0.134. The molecule has 1 aliphatic heterocycles. The van der Waals surface area contributed by atoms with Crippen LogP contribution in [0, 0.1) is 5.82 Å². The van der Waals surface area contributed by atoms with Crippen LogP contribution in [0.15, 0.2) is 18.2 Å². The molecule has 1 N–H and O–H groups in total. The number of carbonyl (C=O) groups is 2. The highest BCUT2D eigenvalue weighted by molar-refractivity contribution is 6.31. The molecule has 1 aromatic carbocycles. The maximum Gasteiger partial charge on any atom is 0.254 e. The van der Waals surface area contributed by atoms with Crippen LogP contribution in [0.25, 0.3) is 0 Å². The summed E-state index contributed by atoms with van der Waals surface area (Å²) in [4.78, 5) is 27.7. The smallest absolute Gasteiger partial charge is 0.254 e. The molecular weight excluding hydrogens is 297 g/mol. The Balaban J connectivity index is 2.26. The lowest BCUT2D eigenvalue weighted by atomic mass is 10.1. The van der Waals surface area contributed by atoms with Crippen molar-refractivity contribution in [1.29, 1.82) is 0 Å². The van der Waals surface area contributed by atoms with E-state index in [1.54, 1.807) is 14.1 Å². The van der Waals surface area contributed by atoms with Crippen molar-refractivity contribution < 1.29 is 14.0 Å². The minimum atomic E-state index is -0.575. The number of halogens is 2. The van der Waals surface area contributed by atoms with Crippen LogP contribution >= 0.6 is 11.6 Å². The van der Waals surface area contributed by atoms with Gasteiger partial charge in [-0.25, -0.2) is 4.39 Å². The minimum absolute atomic E-state index is 0.105. The highest BCUT2D eigenvalue weighted by atomic mass is 35.5. The Bertz CT molecular complexity index is 565. The van der Waals surface area contributed by atoms with E-state index in [9.17, 15) is 14.0 Å². The summed E-state index contributed by atoms with van der Waals surface area (Å²) < 4.78 is 13.2. The highest BCUT2D eigenvalue weighted by Gasteiger charge is 2.33. The molecule has 1 aliphatic rings. The number of benzene rings is 1. The average molecular weight is 314 g/mol. The zero-order valence-electron chi connectivity index (χ0n) is 11.9. The van der Waals surface area contributed by atoms with E-state index in [0.29, 0.717) is 19.6 Å². The van der Waals surface area contributed by atoms with Gasteiger partial charge in [-0.3, -0.25) is 9.59 Å². The average Bonchev–Trinajstić information content (AvgIpc) is 2.48. The van der Waals surface area contributed by atoms with E-state index in [2.05, 4.69) is 5.32 Å². The first-order valence-corrected chi connectivity index (χ1v) is 6.97. The summed E-state index contributed by atoms with van der Waals surface area (Å²) >= 11 is 5.71. The summed E-state index contributed by atoms with van der Waals surface area (Å²) in [6.45, 7) is 1.42. The van der Waals surface area contributed by atoms with Gasteiger partial charge in [0.05, 0.1) is 5.02 Å². The van der Waals surface area contributed by atoms with Crippen molar-refractivity contribution in [2.24, 2.45) is 0 Å². The molecule has 114 valence electrons. The van der Waals surface area contributed by atoms with Crippen molar-refractivity contribution in [3.05, 3.63) is 34.6 Å². The Morgan fingerprint density at radius 1 is 1.43 bits per heavy atom. The molecule has 0 radical (unpaired) electrons. The number of amides is 2. The molecule has 21 heavy (non-hydrogen) atoms. The largest absolute Gasteiger partial charge is 0.347 e. The predicted octanol–water partition coefficient (Wildman–Crippen LogP) is 0.981. The predicted molar refractivity (Wildman–Crippen MR) is 77.8 cm³/mol. The molecule has 1 unspecified atom stereocenters. The van der Waals surface area contributed by atoms with Crippen LogP contribution in [0.2, 0.25) is 5.02 Å². The number of carbonyl (C=O) groups excluding carboxylic acids is 2. The first kappa shape index (κ1) is 15.7. The molecule has 2 amide bonds. The van der Waals surface area contributed by atoms with Crippen LogP contribution in [0.4, 0.5) is 4.39 Å². The van der Waals surface area contributed by atoms with Crippen molar-refractivity contribution in [3.8, 4) is 0 Å². The Hall–Kier alpha value is -1.66. The maximum atomic E-state index is 13.2. The van der Waals surface area contributed by atoms with Crippen LogP contribution in [-0.4, -0.2) is 61.4 Å². The van der Waals surface area contributed by atoms with E-state index in [1.165, 1.54) is 21.9 Å². The van der Waals surface area contributed by atoms with Crippen molar-refractivity contribution in [2.75, 3.05) is 33.7 Å². The zero-order chi connectivity index (χ0) is 15.6. The fourth-order valence-corrected chi connectivity index (χ4v) is 2.44. The molecule has 7 heteroatoms. The fraction of sp³-hybridized carbons (Fsp3) is 0.429. The molecule has 0 aliphatic carbocycles. The van der Waals surface area contributed by atoms with Crippen molar-refractivity contribution in [1.82, 2.24) is 15.1 Å². The summed E-state index contributed by atoms with van der Waals surface area (Å²) in [5.41, 5.74) is 0.278. The van der Waals surface area contributed by atoms with Crippen LogP contribution in [0.1, 0.15) is 10.4 Å². The number of nitrogens with one attached hydrogen (secondary N) is 1. The number of likely N-dealkylation sites (N-methyl/N-ethyl adjacent to an activating group) is 1. The van der Waals surface area contributed by atoms with Gasteiger partial charge in [-0.1, -0.05) is 11.6 Å². The van der Waals surface area contributed by atoms with Gasteiger partial charge in [-0.2, -0.15) is 0 Å². The maximum absolute atomic E-state index is 13.2. The van der Waals surface area contributed by atoms with Crippen LogP contribution in [0.3, 0.4) is 0 Å². The van der Waals surface area contributed by atoms with Gasteiger partial charge in [0.25, 0.3) is 5.91 Å². The molecule has 2 rings (SSSR count). The van der Waals surface area contributed by atoms with E-state index in [4.69, 9.17) is 11.6 Å². The highest BCUT2D eigenvalue weighted by Crippen LogP contribution is 2.19. The van der Waals surface area contributed by atoms with Crippen molar-refractivity contribution >= 4 is 23.4 Å². The number of rotatable bonds is 2. The summed E-state index contributed by atoms with van der Waals surface area (Å²) in [5.74, 6) is -1.04. The summed E-state index contributed by atoms with van der Waals surface area (Å²) in [6, 6.07) is 3.26. The Labute approximate surface area is 127 Å². The minimum Gasteiger partial charge on any atom is -0.347 e. The summed E-state index contributed by atoms with van der Waals surface area (Å²) in [5, 5.41) is 2.99. The van der Waals surface area contributed by atoms with E-state index < -0.39 is 11.9 Å². The number of nitrogens with zero attached hydrogens (tertiary/aromatic N) is 2. The van der Waals surface area contributed by atoms with Crippen LogP contribution in [0.5, 0.6) is 0 Å². The molecule has 0 spiro atoms. The normalized spacial score (nSPS) is 18.5. The second-order valence-electron chi connectivity index (χ2n) is 5.08. The first-order chi connectivity index (χ1) is 9.91. The Kier molecular flexibility index (Phi) is 4.80. The molecule has 1 atom stereocenters. The molecule has 1 saturated heterocycles. The van der Waals surface area contributed by atoms with Gasteiger partial charge in [0, 0.05) is 39.3 Å². The van der Waals surface area contributed by atoms with Crippen molar-refractivity contribution in [3.63, 3.8) is 0 Å². The quantitative estimate of drug-likeness (QED) is 0.885. The molecule has 1 heterocycles. The number of hydrogen-bond donors (Lipinski definition) is 1. The van der Waals surface area contributed by atoms with Crippen molar-refractivity contribution in [2.45, 2.75) is 6.04 Å². The Morgan fingerprint density at radius 3 is 2.76 bits per heavy atom. The summed E-state index contributed by atoms with van der Waals surface area (Å²) in [7, 11) is 3.29. The second kappa shape index (κ2) is 6.41. The standard InChI is InChI=1S/C14H17ClFN3O2/c1-18(2)14(21)12-8-17-5-6-19(12)13(20)9-3-4-11(16)10(15)7-9/h3-4,7,12,17H,5-6,8H2,1-2H3. The molecule has 1 aromatic rings. The van der Waals surface area contributed by atoms with Crippen LogP contribution < -0.4 is 5.32 Å². The lowest BCUT2D eigenvalue weighted by Gasteiger charge is -2.36. The molecule has 1 fully saturated rings. The van der Waals surface area contributed by atoms with Gasteiger partial charge < -0.3 is 15.1 Å². The third-order valence-electron chi connectivity index (χ3n) is 3.40. The van der Waals surface area contributed by atoms with Crippen LogP contribution in [-0.2, 0) is 4.79 Å². The van der Waals surface area contributed by atoms with Gasteiger partial charge in [0.1, 0.15) is 11.9 Å². The molecular formula is C14H17ClFN3O2. The molecule has 0 bridgehead atoms. The summed E-state index contributed by atoms with van der Waals surface area (Å²) in [6.07, 6.45) is 0. The van der Waals surface area contributed by atoms with E-state index in [-0.39, 0.29) is 22.4 Å². The van der Waals surface area contributed by atoms with Gasteiger partial charge in [-0.15, -0.1) is 0 Å². The monoisotopic (exact) mass is 313 g/mol.